The topological polar surface area (TPSA) is 71.8 Å². The van der Waals surface area contributed by atoms with E-state index in [1.807, 2.05) is 43.3 Å². The van der Waals surface area contributed by atoms with Gasteiger partial charge in [0.1, 0.15) is 5.76 Å². The Morgan fingerprint density at radius 1 is 1.20 bits per heavy atom. The molecule has 0 unspecified atom stereocenters. The molecule has 25 heavy (non-hydrogen) atoms. The third kappa shape index (κ3) is 6.46. The van der Waals surface area contributed by atoms with Crippen LogP contribution in [-0.2, 0) is 20.9 Å². The summed E-state index contributed by atoms with van der Waals surface area (Å²) in [7, 11) is 3.93. The molecule has 2 aromatic rings. The number of nitrogens with zero attached hydrogens (tertiary/aromatic N) is 1. The molecule has 1 aromatic heterocycles. The van der Waals surface area contributed by atoms with Crippen LogP contribution in [0.5, 0.6) is 0 Å². The molecule has 0 spiro atoms. The summed E-state index contributed by atoms with van der Waals surface area (Å²) < 4.78 is 10.7. The van der Waals surface area contributed by atoms with Crippen molar-refractivity contribution in [3.63, 3.8) is 0 Å². The van der Waals surface area contributed by atoms with Crippen molar-refractivity contribution in [3.8, 4) is 0 Å². The second-order valence-corrected chi connectivity index (χ2v) is 6.20. The average molecular weight is 407 g/mol. The van der Waals surface area contributed by atoms with E-state index in [-0.39, 0.29) is 12.5 Å². The lowest BCUT2D eigenvalue weighted by molar-refractivity contribution is -0.143. The van der Waals surface area contributed by atoms with E-state index in [0.717, 1.165) is 11.3 Å². The molecule has 2 rings (SSSR count). The second kappa shape index (κ2) is 9.08. The zero-order chi connectivity index (χ0) is 18.2. The quantitative estimate of drug-likeness (QED) is 0.565. The number of carbonyl (C=O) groups is 2. The van der Waals surface area contributed by atoms with E-state index in [4.69, 9.17) is 9.15 Å². The number of benzene rings is 1. The van der Waals surface area contributed by atoms with E-state index in [1.54, 1.807) is 12.1 Å². The molecule has 0 saturated carbocycles. The molecule has 1 amide bonds. The third-order valence-corrected chi connectivity index (χ3v) is 3.69. The number of furan rings is 1. The van der Waals surface area contributed by atoms with Crippen LogP contribution >= 0.6 is 15.9 Å². The Bertz CT molecular complexity index is 751. The number of hydrogen-bond donors (Lipinski definition) is 1. The summed E-state index contributed by atoms with van der Waals surface area (Å²) in [6.07, 6.45) is 2.68. The number of ether oxygens (including phenoxy) is 1. The van der Waals surface area contributed by atoms with Gasteiger partial charge >= 0.3 is 5.97 Å². The number of amides is 1. The van der Waals surface area contributed by atoms with Gasteiger partial charge in [-0.3, -0.25) is 4.79 Å². The molecule has 1 aromatic carbocycles. The third-order valence-electron chi connectivity index (χ3n) is 3.27. The van der Waals surface area contributed by atoms with Gasteiger partial charge in [0.25, 0.3) is 5.91 Å². The number of anilines is 1. The first-order valence-corrected chi connectivity index (χ1v) is 8.36. The van der Waals surface area contributed by atoms with Crippen molar-refractivity contribution < 1.29 is 18.7 Å². The molecule has 1 N–H and O–H groups in total. The summed E-state index contributed by atoms with van der Waals surface area (Å²) in [5, 5.41) is 2.70. The van der Waals surface area contributed by atoms with Crippen LogP contribution in [0.25, 0.3) is 6.08 Å². The van der Waals surface area contributed by atoms with Crippen molar-refractivity contribution in [2.45, 2.75) is 6.54 Å². The van der Waals surface area contributed by atoms with Crippen LogP contribution in [-0.4, -0.2) is 32.6 Å². The molecule has 0 aliphatic rings. The monoisotopic (exact) mass is 406 g/mol. The van der Waals surface area contributed by atoms with Crippen molar-refractivity contribution >= 4 is 39.6 Å². The molecule has 0 atom stereocenters. The van der Waals surface area contributed by atoms with Gasteiger partial charge in [0.2, 0.25) is 0 Å². The van der Waals surface area contributed by atoms with Gasteiger partial charge < -0.3 is 19.4 Å². The minimum absolute atomic E-state index is 0.333. The van der Waals surface area contributed by atoms with Gasteiger partial charge in [-0.25, -0.2) is 4.79 Å². The van der Waals surface area contributed by atoms with Crippen molar-refractivity contribution in [1.29, 1.82) is 0 Å². The highest BCUT2D eigenvalue weighted by Gasteiger charge is 2.06. The molecule has 0 aliphatic carbocycles. The SMILES string of the molecule is CN(C)c1ccc(CNC(=O)COC(=O)/C=C/c2ccc(Br)o2)cc1. The highest BCUT2D eigenvalue weighted by molar-refractivity contribution is 9.10. The Morgan fingerprint density at radius 2 is 1.92 bits per heavy atom. The number of esters is 1. The molecule has 0 saturated heterocycles. The predicted molar refractivity (Wildman–Crippen MR) is 99.0 cm³/mol. The first-order valence-electron chi connectivity index (χ1n) is 7.57. The standard InChI is InChI=1S/C18H19BrN2O4/c1-21(2)14-5-3-13(4-6-14)11-20-17(22)12-24-18(23)10-8-15-7-9-16(19)25-15/h3-10H,11-12H2,1-2H3,(H,20,22)/b10-8+. The van der Waals surface area contributed by atoms with Gasteiger partial charge in [0.05, 0.1) is 0 Å². The Hall–Kier alpha value is -2.54. The molecule has 6 nitrogen and oxygen atoms in total. The summed E-state index contributed by atoms with van der Waals surface area (Å²) in [4.78, 5) is 25.3. The summed E-state index contributed by atoms with van der Waals surface area (Å²) >= 11 is 3.16. The number of halogens is 1. The zero-order valence-electron chi connectivity index (χ0n) is 14.0. The highest BCUT2D eigenvalue weighted by Crippen LogP contribution is 2.15. The van der Waals surface area contributed by atoms with E-state index >= 15 is 0 Å². The number of hydrogen-bond acceptors (Lipinski definition) is 5. The Morgan fingerprint density at radius 3 is 2.52 bits per heavy atom. The normalized spacial score (nSPS) is 10.7. The fourth-order valence-corrected chi connectivity index (χ4v) is 2.24. The van der Waals surface area contributed by atoms with Crippen molar-refractivity contribution in [1.82, 2.24) is 5.32 Å². The van der Waals surface area contributed by atoms with Crippen LogP contribution in [0.15, 0.2) is 51.6 Å². The maximum absolute atomic E-state index is 11.7. The zero-order valence-corrected chi connectivity index (χ0v) is 15.6. The average Bonchev–Trinajstić information content (AvgIpc) is 3.02. The Kier molecular flexibility index (Phi) is 6.82. The number of carbonyl (C=O) groups excluding carboxylic acids is 2. The van der Waals surface area contributed by atoms with Crippen molar-refractivity contribution in [2.24, 2.45) is 0 Å². The van der Waals surface area contributed by atoms with Gasteiger partial charge in [-0.05, 0) is 51.8 Å². The first-order chi connectivity index (χ1) is 11.9. The Labute approximate surface area is 154 Å². The maximum Gasteiger partial charge on any atom is 0.331 e. The fourth-order valence-electron chi connectivity index (χ4n) is 1.92. The lowest BCUT2D eigenvalue weighted by atomic mass is 10.2. The van der Waals surface area contributed by atoms with Crippen molar-refractivity contribution in [3.05, 3.63) is 58.5 Å². The minimum atomic E-state index is -0.613. The van der Waals surface area contributed by atoms with E-state index in [0.29, 0.717) is 17.0 Å². The van der Waals surface area contributed by atoms with Crippen molar-refractivity contribution in [2.75, 3.05) is 25.6 Å². The number of nitrogens with one attached hydrogen (secondary N) is 1. The van der Waals surface area contributed by atoms with E-state index in [1.165, 1.54) is 12.2 Å². The minimum Gasteiger partial charge on any atom is -0.452 e. The van der Waals surface area contributed by atoms with Gasteiger partial charge in [-0.2, -0.15) is 0 Å². The molecule has 0 radical (unpaired) electrons. The molecule has 7 heteroatoms. The van der Waals surface area contributed by atoms with Crippen LogP contribution < -0.4 is 10.2 Å². The van der Waals surface area contributed by atoms with Crippen LogP contribution in [0.4, 0.5) is 5.69 Å². The van der Waals surface area contributed by atoms with Crippen LogP contribution in [0.1, 0.15) is 11.3 Å². The van der Waals surface area contributed by atoms with Gasteiger partial charge in [0.15, 0.2) is 11.3 Å². The lowest BCUT2D eigenvalue weighted by Gasteiger charge is -2.12. The van der Waals surface area contributed by atoms with Crippen LogP contribution in [0, 0.1) is 0 Å². The molecule has 0 fully saturated rings. The summed E-state index contributed by atoms with van der Waals surface area (Å²) in [5.74, 6) is -0.466. The smallest absolute Gasteiger partial charge is 0.331 e. The molecule has 0 bridgehead atoms. The summed E-state index contributed by atoms with van der Waals surface area (Å²) in [6, 6.07) is 11.2. The predicted octanol–water partition coefficient (Wildman–Crippen LogP) is 2.98. The molecular formula is C18H19BrN2O4. The lowest BCUT2D eigenvalue weighted by Crippen LogP contribution is -2.28. The molecule has 0 aliphatic heterocycles. The highest BCUT2D eigenvalue weighted by atomic mass is 79.9. The molecular weight excluding hydrogens is 388 g/mol. The maximum atomic E-state index is 11.7. The first kappa shape index (κ1) is 18.8. The largest absolute Gasteiger partial charge is 0.452 e. The van der Waals surface area contributed by atoms with Gasteiger partial charge in [0, 0.05) is 32.4 Å². The summed E-state index contributed by atoms with van der Waals surface area (Å²) in [6.45, 7) is 0.0428. The fraction of sp³-hybridized carbons (Fsp3) is 0.222. The van der Waals surface area contributed by atoms with E-state index in [9.17, 15) is 9.59 Å². The van der Waals surface area contributed by atoms with E-state index in [2.05, 4.69) is 21.2 Å². The van der Waals surface area contributed by atoms with Crippen LogP contribution in [0.3, 0.4) is 0 Å². The van der Waals surface area contributed by atoms with E-state index < -0.39 is 5.97 Å². The molecule has 1 heterocycles. The van der Waals surface area contributed by atoms with Gasteiger partial charge in [-0.15, -0.1) is 0 Å². The summed E-state index contributed by atoms with van der Waals surface area (Å²) in [5.41, 5.74) is 2.05. The van der Waals surface area contributed by atoms with Gasteiger partial charge in [-0.1, -0.05) is 12.1 Å². The Balaban J connectivity index is 1.71. The van der Waals surface area contributed by atoms with Crippen LogP contribution in [0.2, 0.25) is 0 Å². The second-order valence-electron chi connectivity index (χ2n) is 5.42. The number of rotatable bonds is 7. The molecule has 132 valence electrons.